The molecule has 3 N–H and O–H groups in total. The van der Waals surface area contributed by atoms with Gasteiger partial charge in [0.2, 0.25) is 5.91 Å². The van der Waals surface area contributed by atoms with E-state index >= 15 is 0 Å². The first kappa shape index (κ1) is 16.4. The van der Waals surface area contributed by atoms with Gasteiger partial charge in [0.15, 0.2) is 0 Å². The van der Waals surface area contributed by atoms with Crippen LogP contribution in [0.2, 0.25) is 0 Å². The zero-order valence-corrected chi connectivity index (χ0v) is 13.9. The number of benzene rings is 1. The van der Waals surface area contributed by atoms with Crippen LogP contribution < -0.4 is 16.2 Å². The van der Waals surface area contributed by atoms with E-state index in [1.807, 2.05) is 26.8 Å². The molecule has 0 atom stereocenters. The van der Waals surface area contributed by atoms with E-state index in [0.717, 1.165) is 16.3 Å². The summed E-state index contributed by atoms with van der Waals surface area (Å²) in [5.41, 5.74) is 7.21. The third-order valence-electron chi connectivity index (χ3n) is 3.33. The van der Waals surface area contributed by atoms with Gasteiger partial charge in [0, 0.05) is 33.7 Å². The molecule has 0 saturated heterocycles. The van der Waals surface area contributed by atoms with E-state index in [9.17, 15) is 9.59 Å². The van der Waals surface area contributed by atoms with Gasteiger partial charge in [-0.1, -0.05) is 27.4 Å². The summed E-state index contributed by atoms with van der Waals surface area (Å²) in [5.74, 6) is 0.455. The molecule has 0 unspecified atom stereocenters. The maximum atomic E-state index is 12.2. The van der Waals surface area contributed by atoms with Gasteiger partial charge in [0.25, 0.3) is 5.91 Å². The Morgan fingerprint density at radius 2 is 2.05 bits per heavy atom. The first-order valence-electron chi connectivity index (χ1n) is 7.10. The summed E-state index contributed by atoms with van der Waals surface area (Å²) >= 11 is 1.61. The molecule has 1 aromatic rings. The van der Waals surface area contributed by atoms with Crippen LogP contribution in [-0.4, -0.2) is 17.6 Å². The van der Waals surface area contributed by atoms with Crippen LogP contribution >= 0.6 is 11.8 Å². The lowest BCUT2D eigenvalue weighted by molar-refractivity contribution is -0.115. The van der Waals surface area contributed by atoms with Crippen LogP contribution in [0.4, 0.5) is 5.69 Å². The van der Waals surface area contributed by atoms with Crippen LogP contribution in [0.5, 0.6) is 0 Å². The molecular weight excluding hydrogens is 298 g/mol. The molecule has 1 aliphatic rings. The van der Waals surface area contributed by atoms with Crippen molar-refractivity contribution in [2.45, 2.75) is 32.1 Å². The van der Waals surface area contributed by atoms with Crippen molar-refractivity contribution < 1.29 is 9.59 Å². The van der Waals surface area contributed by atoms with Gasteiger partial charge in [-0.25, -0.2) is 0 Å². The number of anilines is 1. The fourth-order valence-corrected chi connectivity index (χ4v) is 2.69. The van der Waals surface area contributed by atoms with Crippen LogP contribution in [0.3, 0.4) is 0 Å². The quantitative estimate of drug-likeness (QED) is 0.749. The van der Waals surface area contributed by atoms with Crippen LogP contribution in [0, 0.1) is 5.41 Å². The number of hydrogen-bond acceptors (Lipinski definition) is 4. The lowest BCUT2D eigenvalue weighted by atomic mass is 9.93. The number of hydrazine groups is 1. The Morgan fingerprint density at radius 1 is 1.32 bits per heavy atom. The summed E-state index contributed by atoms with van der Waals surface area (Å²) < 4.78 is 0. The molecule has 0 saturated carbocycles. The summed E-state index contributed by atoms with van der Waals surface area (Å²) in [6.07, 6.45) is 0.480. The van der Waals surface area contributed by atoms with E-state index in [4.69, 9.17) is 0 Å². The van der Waals surface area contributed by atoms with Crippen molar-refractivity contribution in [2.75, 3.05) is 11.1 Å². The number of rotatable bonds is 3. The summed E-state index contributed by atoms with van der Waals surface area (Å²) in [5, 5.41) is 2.83. The SMILES string of the molecule is C=C(NNC(=O)c1ccc2c(c1)NC(=O)CCS2)C(C)(C)C. The minimum Gasteiger partial charge on any atom is -0.325 e. The molecule has 0 bridgehead atoms. The Labute approximate surface area is 134 Å². The second-order valence-corrected chi connectivity index (χ2v) is 7.30. The zero-order valence-electron chi connectivity index (χ0n) is 13.1. The summed E-state index contributed by atoms with van der Waals surface area (Å²) in [6.45, 7) is 9.91. The van der Waals surface area contributed by atoms with E-state index < -0.39 is 0 Å². The summed E-state index contributed by atoms with van der Waals surface area (Å²) in [4.78, 5) is 24.8. The molecule has 1 heterocycles. The van der Waals surface area contributed by atoms with E-state index in [-0.39, 0.29) is 17.2 Å². The average molecular weight is 319 g/mol. The number of hydrogen-bond donors (Lipinski definition) is 3. The largest absolute Gasteiger partial charge is 0.325 e. The number of thioether (sulfide) groups is 1. The lowest BCUT2D eigenvalue weighted by Crippen LogP contribution is -2.39. The highest BCUT2D eigenvalue weighted by Crippen LogP contribution is 2.31. The van der Waals surface area contributed by atoms with Crippen LogP contribution in [-0.2, 0) is 4.79 Å². The predicted molar refractivity (Wildman–Crippen MR) is 89.6 cm³/mol. The minimum absolute atomic E-state index is 0.0250. The first-order chi connectivity index (χ1) is 10.3. The Morgan fingerprint density at radius 3 is 2.73 bits per heavy atom. The Hall–Kier alpha value is -1.95. The molecule has 2 rings (SSSR count). The van der Waals surface area contributed by atoms with Crippen LogP contribution in [0.25, 0.3) is 0 Å². The molecule has 22 heavy (non-hydrogen) atoms. The second-order valence-electron chi connectivity index (χ2n) is 6.17. The number of amides is 2. The van der Waals surface area contributed by atoms with Gasteiger partial charge in [-0.2, -0.15) is 0 Å². The molecule has 0 aliphatic carbocycles. The summed E-state index contributed by atoms with van der Waals surface area (Å²) in [7, 11) is 0. The van der Waals surface area contributed by atoms with Crippen molar-refractivity contribution in [1.29, 1.82) is 0 Å². The molecule has 118 valence electrons. The number of allylic oxidation sites excluding steroid dienone is 1. The molecule has 6 heteroatoms. The number of nitrogens with one attached hydrogen (secondary N) is 3. The van der Waals surface area contributed by atoms with Crippen molar-refractivity contribution in [1.82, 2.24) is 10.9 Å². The van der Waals surface area contributed by atoms with Crippen molar-refractivity contribution >= 4 is 29.3 Å². The van der Waals surface area contributed by atoms with Gasteiger partial charge in [0.05, 0.1) is 5.69 Å². The second kappa shape index (κ2) is 6.44. The molecule has 1 aromatic carbocycles. The van der Waals surface area contributed by atoms with Crippen molar-refractivity contribution in [2.24, 2.45) is 5.41 Å². The van der Waals surface area contributed by atoms with Gasteiger partial charge >= 0.3 is 0 Å². The molecule has 0 fully saturated rings. The monoisotopic (exact) mass is 319 g/mol. The molecular formula is C16H21N3O2S. The van der Waals surface area contributed by atoms with Gasteiger partial charge in [-0.05, 0) is 18.2 Å². The molecule has 1 aliphatic heterocycles. The number of carbonyl (C=O) groups excluding carboxylic acids is 2. The third-order valence-corrected chi connectivity index (χ3v) is 4.41. The maximum absolute atomic E-state index is 12.2. The van der Waals surface area contributed by atoms with Crippen molar-refractivity contribution in [3.63, 3.8) is 0 Å². The van der Waals surface area contributed by atoms with Gasteiger partial charge in [-0.3, -0.25) is 15.0 Å². The van der Waals surface area contributed by atoms with Gasteiger partial charge in [0.1, 0.15) is 0 Å². The Bertz CT molecular complexity index is 620. The highest BCUT2D eigenvalue weighted by molar-refractivity contribution is 7.99. The van der Waals surface area contributed by atoms with E-state index in [2.05, 4.69) is 22.7 Å². The first-order valence-corrected chi connectivity index (χ1v) is 8.08. The highest BCUT2D eigenvalue weighted by atomic mass is 32.2. The normalized spacial score (nSPS) is 14.4. The Kier molecular flexibility index (Phi) is 4.81. The zero-order chi connectivity index (χ0) is 16.3. The highest BCUT2D eigenvalue weighted by Gasteiger charge is 2.18. The predicted octanol–water partition coefficient (Wildman–Crippen LogP) is 2.92. The van der Waals surface area contributed by atoms with Gasteiger partial charge in [-0.15, -0.1) is 11.8 Å². The third kappa shape index (κ3) is 4.04. The van der Waals surface area contributed by atoms with Crippen LogP contribution in [0.1, 0.15) is 37.6 Å². The molecule has 0 spiro atoms. The lowest BCUT2D eigenvalue weighted by Gasteiger charge is -2.23. The number of carbonyl (C=O) groups is 2. The van der Waals surface area contributed by atoms with Crippen LogP contribution in [0.15, 0.2) is 35.4 Å². The smallest absolute Gasteiger partial charge is 0.269 e. The standard InChI is InChI=1S/C16H21N3O2S/c1-10(16(2,3)4)18-19-15(21)11-5-6-13-12(9-11)17-14(20)7-8-22-13/h5-6,9,18H,1,7-8H2,2-4H3,(H,17,20)(H,19,21). The maximum Gasteiger partial charge on any atom is 0.269 e. The average Bonchev–Trinajstić information content (AvgIpc) is 2.62. The van der Waals surface area contributed by atoms with Crippen molar-refractivity contribution in [3.05, 3.63) is 36.0 Å². The van der Waals surface area contributed by atoms with E-state index in [1.165, 1.54) is 0 Å². The minimum atomic E-state index is -0.267. The topological polar surface area (TPSA) is 70.2 Å². The van der Waals surface area contributed by atoms with E-state index in [1.54, 1.807) is 23.9 Å². The molecule has 5 nitrogen and oxygen atoms in total. The fourth-order valence-electron chi connectivity index (χ4n) is 1.75. The number of fused-ring (bicyclic) bond motifs is 1. The van der Waals surface area contributed by atoms with Gasteiger partial charge < -0.3 is 10.7 Å². The summed E-state index contributed by atoms with van der Waals surface area (Å²) in [6, 6.07) is 5.31. The fraction of sp³-hybridized carbons (Fsp3) is 0.375. The Balaban J connectivity index is 2.08. The molecule has 0 radical (unpaired) electrons. The van der Waals surface area contributed by atoms with Crippen molar-refractivity contribution in [3.8, 4) is 0 Å². The molecule has 2 amide bonds. The molecule has 0 aromatic heterocycles. The van der Waals surface area contributed by atoms with E-state index in [0.29, 0.717) is 17.7 Å².